The predicted molar refractivity (Wildman–Crippen MR) is 129 cm³/mol. The number of carbonyl (C=O) groups is 2. The van der Waals surface area contributed by atoms with Crippen molar-refractivity contribution in [2.75, 3.05) is 13.2 Å². The van der Waals surface area contributed by atoms with E-state index in [9.17, 15) is 13.8 Å². The molecule has 0 fully saturated rings. The summed E-state index contributed by atoms with van der Waals surface area (Å²) in [5.41, 5.74) is 0.424. The maximum Gasteiger partial charge on any atom is 0.407 e. The molecule has 176 valence electrons. The minimum atomic E-state index is -1.55. The van der Waals surface area contributed by atoms with Gasteiger partial charge in [0.1, 0.15) is 4.60 Å². The van der Waals surface area contributed by atoms with Crippen LogP contribution in [0, 0.1) is 0 Å². The summed E-state index contributed by atoms with van der Waals surface area (Å²) in [6.07, 6.45) is -0.736. The molecular formula is C20H34BrN3O5SSi. The molecule has 0 radical (unpaired) electrons. The molecule has 11 heteroatoms. The first-order chi connectivity index (χ1) is 14.2. The summed E-state index contributed by atoms with van der Waals surface area (Å²) in [6, 6.07) is 3.88. The van der Waals surface area contributed by atoms with Crippen molar-refractivity contribution in [2.24, 2.45) is 0 Å². The second kappa shape index (κ2) is 12.1. The Morgan fingerprint density at radius 3 is 2.39 bits per heavy atom. The van der Waals surface area contributed by atoms with Gasteiger partial charge in [-0.2, -0.15) is 0 Å². The van der Waals surface area contributed by atoms with Gasteiger partial charge in [-0.3, -0.25) is 0 Å². The average Bonchev–Trinajstić information content (AvgIpc) is 2.62. The second-order valence-corrected chi connectivity index (χ2v) is 17.6. The zero-order chi connectivity index (χ0) is 23.8. The van der Waals surface area contributed by atoms with Crippen molar-refractivity contribution in [3.63, 3.8) is 0 Å². The molecule has 3 atom stereocenters. The molecule has 0 saturated carbocycles. The van der Waals surface area contributed by atoms with E-state index in [4.69, 9.17) is 9.47 Å². The Kier molecular flexibility index (Phi) is 10.8. The topological polar surface area (TPSA) is 107 Å². The summed E-state index contributed by atoms with van der Waals surface area (Å²) in [6.45, 7) is 14.0. The number of pyridine rings is 1. The second-order valence-electron chi connectivity index (χ2n) is 9.18. The molecule has 1 rings (SSSR count). The summed E-state index contributed by atoms with van der Waals surface area (Å²) in [5.74, 6) is -0.671. The molecule has 31 heavy (non-hydrogen) atoms. The molecule has 2 N–H and O–H groups in total. The number of ether oxygens (including phenoxy) is 2. The Bertz CT molecular complexity index is 783. The molecule has 0 bridgehead atoms. The SMILES string of the molecule is CCOC(=O)[C@@H](NC(=O)OCC[Si](C)(C)C)[C@H](N[S@@](=O)C(C)(C)C)c1cccc(Br)n1. The van der Waals surface area contributed by atoms with Gasteiger partial charge >= 0.3 is 12.1 Å². The van der Waals surface area contributed by atoms with Crippen LogP contribution in [0.3, 0.4) is 0 Å². The Labute approximate surface area is 197 Å². The quantitative estimate of drug-likeness (QED) is 0.267. The van der Waals surface area contributed by atoms with Gasteiger partial charge in [0.05, 0.1) is 40.7 Å². The first-order valence-electron chi connectivity index (χ1n) is 10.1. The Morgan fingerprint density at radius 1 is 1.23 bits per heavy atom. The van der Waals surface area contributed by atoms with Gasteiger partial charge in [0.15, 0.2) is 6.04 Å². The molecule has 1 aromatic rings. The van der Waals surface area contributed by atoms with Crippen LogP contribution in [0.5, 0.6) is 0 Å². The molecule has 1 heterocycles. The number of nitrogens with zero attached hydrogens (tertiary/aromatic N) is 1. The summed E-state index contributed by atoms with van der Waals surface area (Å²) < 4.78 is 26.2. The van der Waals surface area contributed by atoms with Crippen LogP contribution in [-0.4, -0.2) is 53.3 Å². The minimum Gasteiger partial charge on any atom is -0.464 e. The summed E-state index contributed by atoms with van der Waals surface area (Å²) in [7, 11) is -2.93. The minimum absolute atomic E-state index is 0.128. The standard InChI is InChI=1S/C20H34BrN3O5SSi/c1-8-28-18(25)17(23-19(26)29-12-13-31(5,6)7)16(24-30(27)20(2,3)4)14-10-9-11-15(21)22-14/h9-11,16-17,24H,8,12-13H2,1-7H3,(H,23,26)/t16-,17+,30+/m1/s1. The maximum absolute atomic E-state index is 12.9. The van der Waals surface area contributed by atoms with Crippen LogP contribution >= 0.6 is 15.9 Å². The van der Waals surface area contributed by atoms with Crippen molar-refractivity contribution in [3.8, 4) is 0 Å². The number of esters is 1. The maximum atomic E-state index is 12.9. The highest BCUT2D eigenvalue weighted by atomic mass is 79.9. The van der Waals surface area contributed by atoms with Crippen LogP contribution in [-0.2, 0) is 25.3 Å². The third kappa shape index (κ3) is 10.2. The van der Waals surface area contributed by atoms with Crippen molar-refractivity contribution < 1.29 is 23.3 Å². The lowest BCUT2D eigenvalue weighted by Crippen LogP contribution is -2.52. The lowest BCUT2D eigenvalue weighted by molar-refractivity contribution is -0.146. The molecule has 0 unspecified atom stereocenters. The van der Waals surface area contributed by atoms with E-state index in [0.717, 1.165) is 6.04 Å². The van der Waals surface area contributed by atoms with E-state index in [-0.39, 0.29) is 13.2 Å². The molecule has 0 aromatic carbocycles. The van der Waals surface area contributed by atoms with Crippen molar-refractivity contribution in [1.29, 1.82) is 0 Å². The number of halogens is 1. The fourth-order valence-electron chi connectivity index (χ4n) is 2.32. The highest BCUT2D eigenvalue weighted by Crippen LogP contribution is 2.22. The van der Waals surface area contributed by atoms with Crippen LogP contribution in [0.25, 0.3) is 0 Å². The molecule has 0 aliphatic heterocycles. The van der Waals surface area contributed by atoms with E-state index < -0.39 is 48.0 Å². The molecule has 1 amide bonds. The lowest BCUT2D eigenvalue weighted by atomic mass is 10.1. The average molecular weight is 537 g/mol. The Balaban J connectivity index is 3.20. The van der Waals surface area contributed by atoms with Gasteiger partial charge in [-0.1, -0.05) is 25.7 Å². The van der Waals surface area contributed by atoms with E-state index in [1.54, 1.807) is 45.9 Å². The Hall–Kier alpha value is -1.30. The van der Waals surface area contributed by atoms with E-state index in [1.807, 2.05) is 0 Å². The first kappa shape index (κ1) is 27.7. The van der Waals surface area contributed by atoms with Crippen LogP contribution in [0.1, 0.15) is 39.4 Å². The normalized spacial score (nSPS) is 15.0. The summed E-state index contributed by atoms with van der Waals surface area (Å²) in [5, 5.41) is 2.59. The molecule has 0 spiro atoms. The van der Waals surface area contributed by atoms with Gasteiger partial charge in [0.2, 0.25) is 0 Å². The van der Waals surface area contributed by atoms with Gasteiger partial charge in [0.25, 0.3) is 0 Å². The molecule has 1 aromatic heterocycles. The van der Waals surface area contributed by atoms with Crippen molar-refractivity contribution in [3.05, 3.63) is 28.5 Å². The van der Waals surface area contributed by atoms with E-state index in [2.05, 4.69) is 50.6 Å². The van der Waals surface area contributed by atoms with Crippen molar-refractivity contribution in [1.82, 2.24) is 15.0 Å². The first-order valence-corrected chi connectivity index (χ1v) is 15.8. The highest BCUT2D eigenvalue weighted by Gasteiger charge is 2.37. The molecule has 0 saturated heterocycles. The van der Waals surface area contributed by atoms with Gasteiger partial charge in [0, 0.05) is 8.07 Å². The fraction of sp³-hybridized carbons (Fsp3) is 0.650. The third-order valence-corrected chi connectivity index (χ3v) is 7.80. The van der Waals surface area contributed by atoms with Gasteiger partial charge in [-0.05, 0) is 61.8 Å². The van der Waals surface area contributed by atoms with E-state index in [1.165, 1.54) is 0 Å². The summed E-state index contributed by atoms with van der Waals surface area (Å²) >= 11 is 3.32. The van der Waals surface area contributed by atoms with Gasteiger partial charge in [-0.15, -0.1) is 0 Å². The number of aromatic nitrogens is 1. The van der Waals surface area contributed by atoms with Gasteiger partial charge < -0.3 is 14.8 Å². The van der Waals surface area contributed by atoms with Gasteiger partial charge in [-0.25, -0.2) is 23.5 Å². The van der Waals surface area contributed by atoms with Crippen molar-refractivity contribution >= 4 is 47.1 Å². The monoisotopic (exact) mass is 535 g/mol. The lowest BCUT2D eigenvalue weighted by Gasteiger charge is -2.29. The number of rotatable bonds is 10. The molecule has 8 nitrogen and oxygen atoms in total. The van der Waals surface area contributed by atoms with Crippen LogP contribution in [0.15, 0.2) is 22.8 Å². The number of alkyl carbamates (subject to hydrolysis) is 1. The predicted octanol–water partition coefficient (Wildman–Crippen LogP) is 3.93. The van der Waals surface area contributed by atoms with Crippen molar-refractivity contribution in [2.45, 2.75) is 70.2 Å². The largest absolute Gasteiger partial charge is 0.464 e. The molecule has 0 aliphatic carbocycles. The summed E-state index contributed by atoms with van der Waals surface area (Å²) in [4.78, 5) is 29.7. The van der Waals surface area contributed by atoms with E-state index in [0.29, 0.717) is 10.3 Å². The molecular weight excluding hydrogens is 502 g/mol. The number of amides is 1. The zero-order valence-corrected chi connectivity index (χ0v) is 22.7. The Morgan fingerprint density at radius 2 is 1.87 bits per heavy atom. The fourth-order valence-corrected chi connectivity index (χ4v) is 4.23. The zero-order valence-electron chi connectivity index (χ0n) is 19.3. The number of hydrogen-bond acceptors (Lipinski definition) is 6. The van der Waals surface area contributed by atoms with Crippen LogP contribution in [0.2, 0.25) is 25.7 Å². The number of hydrogen-bond donors (Lipinski definition) is 2. The number of nitrogens with one attached hydrogen (secondary N) is 2. The third-order valence-electron chi connectivity index (χ3n) is 4.08. The number of carbonyl (C=O) groups excluding carboxylic acids is 2. The van der Waals surface area contributed by atoms with E-state index >= 15 is 0 Å². The molecule has 0 aliphatic rings. The van der Waals surface area contributed by atoms with Crippen LogP contribution in [0.4, 0.5) is 4.79 Å². The highest BCUT2D eigenvalue weighted by molar-refractivity contribution is 9.10. The smallest absolute Gasteiger partial charge is 0.407 e. The van der Waals surface area contributed by atoms with Crippen LogP contribution < -0.4 is 10.0 Å².